The van der Waals surface area contributed by atoms with Crippen LogP contribution in [0.1, 0.15) is 39.0 Å². The first-order valence-electron chi connectivity index (χ1n) is 5.34. The van der Waals surface area contributed by atoms with Crippen LogP contribution in [0.3, 0.4) is 0 Å². The van der Waals surface area contributed by atoms with Crippen LogP contribution in [-0.2, 0) is 0 Å². The molecule has 4 heteroatoms. The molecule has 0 aromatic carbocycles. The summed E-state index contributed by atoms with van der Waals surface area (Å²) >= 11 is 0. The molecule has 0 amide bonds. The topological polar surface area (TPSA) is 12.0 Å². The highest BCUT2D eigenvalue weighted by molar-refractivity contribution is 4.78. The van der Waals surface area contributed by atoms with E-state index in [9.17, 15) is 13.2 Å². The zero-order valence-electron chi connectivity index (χ0n) is 8.53. The van der Waals surface area contributed by atoms with E-state index >= 15 is 0 Å². The van der Waals surface area contributed by atoms with Crippen LogP contribution in [-0.4, -0.2) is 18.8 Å². The fraction of sp³-hybridized carbons (Fsp3) is 1.00. The molecule has 0 radical (unpaired) electrons. The average molecular weight is 209 g/mol. The van der Waals surface area contributed by atoms with Crippen LogP contribution in [0, 0.1) is 5.92 Å². The lowest BCUT2D eigenvalue weighted by molar-refractivity contribution is -0.158. The maximum absolute atomic E-state index is 12.4. The summed E-state index contributed by atoms with van der Waals surface area (Å²) < 4.78 is 37.3. The molecule has 0 aliphatic carbocycles. The van der Waals surface area contributed by atoms with Gasteiger partial charge in [0, 0.05) is 0 Å². The molecule has 1 nitrogen and oxygen atoms in total. The van der Waals surface area contributed by atoms with Crippen LogP contribution in [0.25, 0.3) is 0 Å². The molecule has 2 unspecified atom stereocenters. The third-order valence-corrected chi connectivity index (χ3v) is 3.02. The van der Waals surface area contributed by atoms with Gasteiger partial charge in [0.2, 0.25) is 0 Å². The SMILES string of the molecule is CCC1CCCNC(C(F)(F)F)CC1. The number of alkyl halides is 3. The number of halogens is 3. The molecule has 1 heterocycles. The van der Waals surface area contributed by atoms with Gasteiger partial charge in [-0.05, 0) is 38.1 Å². The lowest BCUT2D eigenvalue weighted by Gasteiger charge is -2.27. The maximum Gasteiger partial charge on any atom is 0.403 e. The second-order valence-corrected chi connectivity index (χ2v) is 4.04. The van der Waals surface area contributed by atoms with Gasteiger partial charge in [-0.3, -0.25) is 0 Å². The highest BCUT2D eigenvalue weighted by Crippen LogP contribution is 2.28. The monoisotopic (exact) mass is 209 g/mol. The van der Waals surface area contributed by atoms with Gasteiger partial charge in [0.05, 0.1) is 0 Å². The summed E-state index contributed by atoms with van der Waals surface area (Å²) in [4.78, 5) is 0. The van der Waals surface area contributed by atoms with E-state index < -0.39 is 12.2 Å². The molecule has 1 rings (SSSR count). The molecule has 84 valence electrons. The van der Waals surface area contributed by atoms with Gasteiger partial charge in [-0.2, -0.15) is 13.2 Å². The van der Waals surface area contributed by atoms with Crippen molar-refractivity contribution in [1.82, 2.24) is 5.32 Å². The maximum atomic E-state index is 12.4. The molecule has 0 aromatic heterocycles. The highest BCUT2D eigenvalue weighted by atomic mass is 19.4. The van der Waals surface area contributed by atoms with Gasteiger partial charge in [-0.1, -0.05) is 13.3 Å². The first kappa shape index (κ1) is 11.8. The summed E-state index contributed by atoms with van der Waals surface area (Å²) in [5.74, 6) is 0.488. The van der Waals surface area contributed by atoms with Crippen LogP contribution in [0.4, 0.5) is 13.2 Å². The standard InChI is InChI=1S/C10H18F3N/c1-2-8-4-3-7-14-9(6-5-8)10(11,12)13/h8-9,14H,2-7H2,1H3. The Balaban J connectivity index is 2.46. The predicted octanol–water partition coefficient (Wildman–Crippen LogP) is 3.11. The first-order valence-corrected chi connectivity index (χ1v) is 5.34. The molecule has 0 bridgehead atoms. The number of nitrogens with one attached hydrogen (secondary N) is 1. The Morgan fingerprint density at radius 2 is 1.93 bits per heavy atom. The Labute approximate surface area is 83.1 Å². The van der Waals surface area contributed by atoms with Crippen molar-refractivity contribution in [2.24, 2.45) is 5.92 Å². The van der Waals surface area contributed by atoms with Gasteiger partial charge in [-0.15, -0.1) is 0 Å². The second kappa shape index (κ2) is 5.01. The zero-order chi connectivity index (χ0) is 10.6. The van der Waals surface area contributed by atoms with Crippen molar-refractivity contribution in [2.75, 3.05) is 6.54 Å². The van der Waals surface area contributed by atoms with Crippen molar-refractivity contribution in [2.45, 2.75) is 51.2 Å². The molecule has 0 saturated carbocycles. The van der Waals surface area contributed by atoms with Crippen molar-refractivity contribution in [1.29, 1.82) is 0 Å². The molecule has 0 aromatic rings. The molecule has 1 N–H and O–H groups in total. The second-order valence-electron chi connectivity index (χ2n) is 4.04. The lowest BCUT2D eigenvalue weighted by atomic mass is 9.91. The Hall–Kier alpha value is -0.250. The first-order chi connectivity index (χ1) is 6.54. The predicted molar refractivity (Wildman–Crippen MR) is 50.1 cm³/mol. The largest absolute Gasteiger partial charge is 0.403 e. The number of hydrogen-bond acceptors (Lipinski definition) is 1. The van der Waals surface area contributed by atoms with Gasteiger partial charge in [-0.25, -0.2) is 0 Å². The van der Waals surface area contributed by atoms with E-state index in [1.165, 1.54) is 0 Å². The number of rotatable bonds is 1. The van der Waals surface area contributed by atoms with Crippen LogP contribution in [0.5, 0.6) is 0 Å². The Kier molecular flexibility index (Phi) is 4.23. The van der Waals surface area contributed by atoms with E-state index in [4.69, 9.17) is 0 Å². The smallest absolute Gasteiger partial charge is 0.306 e. The summed E-state index contributed by atoms with van der Waals surface area (Å²) in [7, 11) is 0. The minimum Gasteiger partial charge on any atom is -0.306 e. The highest BCUT2D eigenvalue weighted by Gasteiger charge is 2.39. The Bertz CT molecular complexity index is 167. The van der Waals surface area contributed by atoms with Crippen molar-refractivity contribution < 1.29 is 13.2 Å². The van der Waals surface area contributed by atoms with Gasteiger partial charge in [0.15, 0.2) is 0 Å². The molecule has 1 saturated heterocycles. The minimum absolute atomic E-state index is 0.238. The van der Waals surface area contributed by atoms with Crippen molar-refractivity contribution in [3.63, 3.8) is 0 Å². The van der Waals surface area contributed by atoms with Crippen LogP contribution in [0.15, 0.2) is 0 Å². The molecule has 0 spiro atoms. The molecular formula is C10H18F3N. The van der Waals surface area contributed by atoms with Crippen molar-refractivity contribution in [3.05, 3.63) is 0 Å². The van der Waals surface area contributed by atoms with Gasteiger partial charge in [0.25, 0.3) is 0 Å². The van der Waals surface area contributed by atoms with E-state index in [-0.39, 0.29) is 6.42 Å². The normalized spacial score (nSPS) is 30.9. The zero-order valence-corrected chi connectivity index (χ0v) is 8.53. The molecular weight excluding hydrogens is 191 g/mol. The summed E-state index contributed by atoms with van der Waals surface area (Å²) in [5, 5.41) is 2.58. The Morgan fingerprint density at radius 3 is 2.50 bits per heavy atom. The van der Waals surface area contributed by atoms with Gasteiger partial charge in [0.1, 0.15) is 6.04 Å². The van der Waals surface area contributed by atoms with E-state index in [1.54, 1.807) is 0 Å². The Morgan fingerprint density at radius 1 is 1.21 bits per heavy atom. The third-order valence-electron chi connectivity index (χ3n) is 3.02. The van der Waals surface area contributed by atoms with E-state index in [2.05, 4.69) is 12.2 Å². The molecule has 2 atom stereocenters. The van der Waals surface area contributed by atoms with Gasteiger partial charge < -0.3 is 5.32 Å². The quantitative estimate of drug-likeness (QED) is 0.699. The van der Waals surface area contributed by atoms with Crippen LogP contribution >= 0.6 is 0 Å². The van der Waals surface area contributed by atoms with Crippen molar-refractivity contribution >= 4 is 0 Å². The van der Waals surface area contributed by atoms with Crippen LogP contribution < -0.4 is 5.32 Å². The fourth-order valence-electron chi connectivity index (χ4n) is 2.00. The lowest BCUT2D eigenvalue weighted by Crippen LogP contribution is -2.43. The third kappa shape index (κ3) is 3.48. The van der Waals surface area contributed by atoms with E-state index in [0.29, 0.717) is 18.9 Å². The minimum atomic E-state index is -4.07. The molecule has 1 aliphatic rings. The average Bonchev–Trinajstić information content (AvgIpc) is 2.01. The molecule has 14 heavy (non-hydrogen) atoms. The fourth-order valence-corrected chi connectivity index (χ4v) is 2.00. The van der Waals surface area contributed by atoms with E-state index in [0.717, 1.165) is 19.3 Å². The number of hydrogen-bond donors (Lipinski definition) is 1. The van der Waals surface area contributed by atoms with Gasteiger partial charge >= 0.3 is 6.18 Å². The summed E-state index contributed by atoms with van der Waals surface area (Å²) in [6.45, 7) is 2.56. The summed E-state index contributed by atoms with van der Waals surface area (Å²) in [5.41, 5.74) is 0. The molecule has 1 aliphatic heterocycles. The summed E-state index contributed by atoms with van der Waals surface area (Å²) in [6.07, 6.45) is -0.199. The van der Waals surface area contributed by atoms with Crippen molar-refractivity contribution in [3.8, 4) is 0 Å². The van der Waals surface area contributed by atoms with E-state index in [1.807, 2.05) is 0 Å². The molecule has 1 fully saturated rings. The summed E-state index contributed by atoms with van der Waals surface area (Å²) in [6, 6.07) is -1.28. The van der Waals surface area contributed by atoms with Crippen LogP contribution in [0.2, 0.25) is 0 Å².